The second-order valence-corrected chi connectivity index (χ2v) is 8.07. The lowest BCUT2D eigenvalue weighted by Crippen LogP contribution is -2.41. The summed E-state index contributed by atoms with van der Waals surface area (Å²) in [5.74, 6) is 0.322. The molecule has 1 amide bonds. The molecule has 4 rings (SSSR count). The molecular weight excluding hydrogens is 396 g/mol. The second kappa shape index (κ2) is 8.28. The van der Waals surface area contributed by atoms with E-state index in [0.717, 1.165) is 17.5 Å². The Bertz CT molecular complexity index is 1130. The van der Waals surface area contributed by atoms with Gasteiger partial charge in [0.2, 0.25) is 11.1 Å². The van der Waals surface area contributed by atoms with Gasteiger partial charge in [-0.1, -0.05) is 61.5 Å². The van der Waals surface area contributed by atoms with Crippen LogP contribution in [0.15, 0.2) is 64.7 Å². The Labute approximate surface area is 179 Å². The number of benzene rings is 2. The van der Waals surface area contributed by atoms with Crippen LogP contribution in [0.1, 0.15) is 43.3 Å². The molecule has 0 fully saturated rings. The van der Waals surface area contributed by atoms with E-state index in [4.69, 9.17) is 0 Å². The Morgan fingerprint density at radius 3 is 2.23 bits per heavy atom. The van der Waals surface area contributed by atoms with Crippen molar-refractivity contribution < 1.29 is 9.59 Å². The average molecular weight is 419 g/mol. The second-order valence-electron chi connectivity index (χ2n) is 7.09. The number of hydrogen-bond acceptors (Lipinski definition) is 5. The molecule has 0 atom stereocenters. The highest BCUT2D eigenvalue weighted by Gasteiger charge is 2.34. The lowest BCUT2D eigenvalue weighted by Gasteiger charge is -2.32. The SMILES string of the molecule is CCc1ccc(C2=C(C(C)=O)Sc3nnc(Cc4ccccc4)n3N2C(C)=O)cc1. The topological polar surface area (TPSA) is 68.1 Å². The van der Waals surface area contributed by atoms with Gasteiger partial charge >= 0.3 is 0 Å². The molecule has 0 unspecified atom stereocenters. The van der Waals surface area contributed by atoms with Gasteiger partial charge < -0.3 is 0 Å². The van der Waals surface area contributed by atoms with Crippen molar-refractivity contribution in [2.75, 3.05) is 5.01 Å². The van der Waals surface area contributed by atoms with Gasteiger partial charge in [0.15, 0.2) is 11.6 Å². The van der Waals surface area contributed by atoms with Crippen LogP contribution in [0, 0.1) is 0 Å². The van der Waals surface area contributed by atoms with Crippen molar-refractivity contribution in [3.05, 3.63) is 82.0 Å². The third kappa shape index (κ3) is 3.68. The molecule has 7 heteroatoms. The molecule has 152 valence electrons. The van der Waals surface area contributed by atoms with Crippen molar-refractivity contribution in [1.82, 2.24) is 14.9 Å². The van der Waals surface area contributed by atoms with Crippen molar-refractivity contribution in [2.45, 2.75) is 38.8 Å². The van der Waals surface area contributed by atoms with Crippen LogP contribution in [0.5, 0.6) is 0 Å². The van der Waals surface area contributed by atoms with Crippen LogP contribution in [0.3, 0.4) is 0 Å². The van der Waals surface area contributed by atoms with Crippen LogP contribution in [-0.2, 0) is 22.4 Å². The third-order valence-corrected chi connectivity index (χ3v) is 6.08. The van der Waals surface area contributed by atoms with Crippen LogP contribution >= 0.6 is 11.8 Å². The fourth-order valence-electron chi connectivity index (χ4n) is 3.47. The molecule has 1 aliphatic rings. The minimum atomic E-state index is -0.209. The molecule has 1 aliphatic heterocycles. The molecular formula is C23H22N4O2S. The van der Waals surface area contributed by atoms with Gasteiger partial charge in [-0.15, -0.1) is 10.2 Å². The molecule has 0 saturated carbocycles. The summed E-state index contributed by atoms with van der Waals surface area (Å²) in [4.78, 5) is 25.8. The van der Waals surface area contributed by atoms with E-state index in [1.165, 1.54) is 36.2 Å². The summed E-state index contributed by atoms with van der Waals surface area (Å²) in [5, 5.41) is 10.6. The van der Waals surface area contributed by atoms with Gasteiger partial charge in [0.05, 0.1) is 10.6 Å². The number of thioether (sulfide) groups is 1. The maximum atomic E-state index is 12.8. The summed E-state index contributed by atoms with van der Waals surface area (Å²) in [5.41, 5.74) is 3.64. The van der Waals surface area contributed by atoms with Gasteiger partial charge in [0, 0.05) is 18.9 Å². The highest BCUT2D eigenvalue weighted by molar-refractivity contribution is 8.04. The quantitative estimate of drug-likeness (QED) is 0.627. The zero-order valence-electron chi connectivity index (χ0n) is 17.1. The standard InChI is InChI=1S/C23H22N4O2S/c1-4-17-10-12-19(13-11-17)21-22(15(2)28)30-23-25-24-20(27(23)26(21)16(3)29)14-18-8-6-5-7-9-18/h5-13H,4,14H2,1-3H3. The number of aryl methyl sites for hydroxylation is 1. The zero-order valence-corrected chi connectivity index (χ0v) is 17.9. The molecule has 2 aromatic carbocycles. The predicted octanol–water partition coefficient (Wildman–Crippen LogP) is 3.98. The van der Waals surface area contributed by atoms with E-state index in [2.05, 4.69) is 17.1 Å². The van der Waals surface area contributed by atoms with Crippen molar-refractivity contribution in [3.63, 3.8) is 0 Å². The number of amides is 1. The lowest BCUT2D eigenvalue weighted by molar-refractivity contribution is -0.117. The molecule has 0 N–H and O–H groups in total. The summed E-state index contributed by atoms with van der Waals surface area (Å²) < 4.78 is 1.73. The van der Waals surface area contributed by atoms with Gasteiger partial charge in [0.1, 0.15) is 0 Å². The number of ketones is 1. The number of carbonyl (C=O) groups excluding carboxylic acids is 2. The van der Waals surface area contributed by atoms with Gasteiger partial charge in [-0.2, -0.15) is 0 Å². The van der Waals surface area contributed by atoms with E-state index in [1.807, 2.05) is 54.6 Å². The first-order valence-corrected chi connectivity index (χ1v) is 10.6. The molecule has 0 spiro atoms. The van der Waals surface area contributed by atoms with E-state index in [0.29, 0.717) is 28.0 Å². The van der Waals surface area contributed by atoms with Crippen LogP contribution in [0.25, 0.3) is 5.70 Å². The van der Waals surface area contributed by atoms with Crippen molar-refractivity contribution in [2.24, 2.45) is 0 Å². The van der Waals surface area contributed by atoms with Crippen molar-refractivity contribution in [1.29, 1.82) is 0 Å². The van der Waals surface area contributed by atoms with Gasteiger partial charge in [-0.05, 0) is 36.2 Å². The fraction of sp³-hybridized carbons (Fsp3) is 0.217. The Hall–Kier alpha value is -3.19. The number of rotatable bonds is 5. The van der Waals surface area contributed by atoms with Crippen LogP contribution in [0.2, 0.25) is 0 Å². The molecule has 2 heterocycles. The molecule has 0 radical (unpaired) electrons. The molecule has 3 aromatic rings. The predicted molar refractivity (Wildman–Crippen MR) is 117 cm³/mol. The number of aromatic nitrogens is 3. The minimum absolute atomic E-state index is 0.111. The first-order valence-electron chi connectivity index (χ1n) is 9.81. The van der Waals surface area contributed by atoms with Crippen LogP contribution < -0.4 is 5.01 Å². The number of hydrogen-bond donors (Lipinski definition) is 0. The fourth-order valence-corrected chi connectivity index (χ4v) is 4.46. The van der Waals surface area contributed by atoms with Crippen LogP contribution in [0.4, 0.5) is 0 Å². The first-order chi connectivity index (χ1) is 14.5. The number of fused-ring (bicyclic) bond motifs is 1. The first kappa shape index (κ1) is 20.1. The molecule has 0 saturated heterocycles. The van der Waals surface area contributed by atoms with Gasteiger partial charge in [0.25, 0.3) is 0 Å². The molecule has 0 bridgehead atoms. The average Bonchev–Trinajstić information content (AvgIpc) is 3.15. The molecule has 0 aliphatic carbocycles. The normalized spacial score (nSPS) is 13.4. The summed E-state index contributed by atoms with van der Waals surface area (Å²) in [7, 11) is 0. The van der Waals surface area contributed by atoms with Crippen LogP contribution in [-0.4, -0.2) is 26.6 Å². The lowest BCUT2D eigenvalue weighted by atomic mass is 10.1. The molecule has 30 heavy (non-hydrogen) atoms. The van der Waals surface area contributed by atoms with Crippen molar-refractivity contribution >= 4 is 29.1 Å². The third-order valence-electron chi connectivity index (χ3n) is 4.96. The number of allylic oxidation sites excluding steroid dienone is 1. The Balaban J connectivity index is 1.86. The van der Waals surface area contributed by atoms with E-state index in [1.54, 1.807) is 4.68 Å². The summed E-state index contributed by atoms with van der Waals surface area (Å²) in [6, 6.07) is 17.9. The van der Waals surface area contributed by atoms with E-state index in [-0.39, 0.29) is 11.7 Å². The molecule has 6 nitrogen and oxygen atoms in total. The Morgan fingerprint density at radius 1 is 0.933 bits per heavy atom. The molecule has 1 aromatic heterocycles. The van der Waals surface area contributed by atoms with E-state index in [9.17, 15) is 9.59 Å². The van der Waals surface area contributed by atoms with Gasteiger partial charge in [-0.25, -0.2) is 9.69 Å². The number of nitrogens with zero attached hydrogens (tertiary/aromatic N) is 4. The Kier molecular flexibility index (Phi) is 5.55. The monoisotopic (exact) mass is 418 g/mol. The largest absolute Gasteiger partial charge is 0.294 e. The maximum Gasteiger partial charge on any atom is 0.243 e. The summed E-state index contributed by atoms with van der Waals surface area (Å²) in [6.45, 7) is 5.09. The van der Waals surface area contributed by atoms with E-state index >= 15 is 0 Å². The number of Topliss-reactive ketones (excluding diaryl/α,β-unsaturated/α-hetero) is 1. The maximum absolute atomic E-state index is 12.8. The highest BCUT2D eigenvalue weighted by atomic mass is 32.2. The smallest absolute Gasteiger partial charge is 0.243 e. The zero-order chi connectivity index (χ0) is 21.3. The van der Waals surface area contributed by atoms with E-state index < -0.39 is 0 Å². The summed E-state index contributed by atoms with van der Waals surface area (Å²) >= 11 is 1.26. The minimum Gasteiger partial charge on any atom is -0.294 e. The highest BCUT2D eigenvalue weighted by Crippen LogP contribution is 2.40. The number of carbonyl (C=O) groups is 2. The summed E-state index contributed by atoms with van der Waals surface area (Å²) in [6.07, 6.45) is 1.44. The van der Waals surface area contributed by atoms with Crippen molar-refractivity contribution in [3.8, 4) is 0 Å². The van der Waals surface area contributed by atoms with Gasteiger partial charge in [-0.3, -0.25) is 9.59 Å². The Morgan fingerprint density at radius 2 is 1.63 bits per heavy atom.